The Labute approximate surface area is 143 Å². The third kappa shape index (κ3) is 4.09. The predicted octanol–water partition coefficient (Wildman–Crippen LogP) is 2.92. The Morgan fingerprint density at radius 1 is 1.20 bits per heavy atom. The van der Waals surface area contributed by atoms with Crippen molar-refractivity contribution in [2.24, 2.45) is 0 Å². The summed E-state index contributed by atoms with van der Waals surface area (Å²) >= 11 is 0. The van der Waals surface area contributed by atoms with Gasteiger partial charge in [-0.15, -0.1) is 0 Å². The number of ether oxygens (including phenoxy) is 3. The highest BCUT2D eigenvalue weighted by Gasteiger charge is 2.65. The summed E-state index contributed by atoms with van der Waals surface area (Å²) in [4.78, 5) is 11.8. The lowest BCUT2D eigenvalue weighted by Gasteiger charge is -2.29. The summed E-state index contributed by atoms with van der Waals surface area (Å²) in [6.07, 6.45) is -4.99. The number of nitrogens with one attached hydrogen (secondary N) is 2. The van der Waals surface area contributed by atoms with Gasteiger partial charge in [0.15, 0.2) is 11.5 Å². The summed E-state index contributed by atoms with van der Waals surface area (Å²) in [5.41, 5.74) is 0.490. The van der Waals surface area contributed by atoms with E-state index in [1.54, 1.807) is 11.4 Å². The van der Waals surface area contributed by atoms with Crippen LogP contribution in [-0.4, -0.2) is 38.4 Å². The second kappa shape index (κ2) is 6.62. The van der Waals surface area contributed by atoms with Gasteiger partial charge in [-0.2, -0.15) is 13.2 Å². The van der Waals surface area contributed by atoms with E-state index in [2.05, 4.69) is 5.32 Å². The van der Waals surface area contributed by atoms with Gasteiger partial charge in [-0.05, 0) is 23.1 Å². The van der Waals surface area contributed by atoms with Gasteiger partial charge in [-0.25, -0.2) is 4.79 Å². The first-order valence-electron chi connectivity index (χ1n) is 7.63. The third-order valence-electron chi connectivity index (χ3n) is 3.56. The van der Waals surface area contributed by atoms with Crippen LogP contribution in [0.5, 0.6) is 11.5 Å². The molecule has 2 amide bonds. The summed E-state index contributed by atoms with van der Waals surface area (Å²) in [5, 5.41) is 3.96. The van der Waals surface area contributed by atoms with Crippen molar-refractivity contribution < 1.29 is 32.2 Å². The number of methoxy groups -OCH3 is 1. The van der Waals surface area contributed by atoms with E-state index in [0.29, 0.717) is 0 Å². The molecule has 6 nitrogen and oxygen atoms in total. The molecule has 1 aliphatic rings. The highest BCUT2D eigenvalue weighted by Crippen LogP contribution is 2.46. The van der Waals surface area contributed by atoms with Crippen molar-refractivity contribution >= 4 is 6.03 Å². The first-order chi connectivity index (χ1) is 11.5. The van der Waals surface area contributed by atoms with E-state index < -0.39 is 18.1 Å². The fraction of sp³-hybridized carbons (Fsp3) is 0.562. The zero-order chi connectivity index (χ0) is 18.9. The first-order valence-corrected chi connectivity index (χ1v) is 7.63. The average molecular weight is 362 g/mol. The predicted molar refractivity (Wildman–Crippen MR) is 83.6 cm³/mol. The van der Waals surface area contributed by atoms with Gasteiger partial charge in [0, 0.05) is 13.7 Å². The Bertz CT molecular complexity index is 643. The van der Waals surface area contributed by atoms with Gasteiger partial charge in [0.1, 0.15) is 0 Å². The van der Waals surface area contributed by atoms with Crippen molar-refractivity contribution in [1.82, 2.24) is 10.6 Å². The van der Waals surface area contributed by atoms with Crippen LogP contribution in [0.3, 0.4) is 0 Å². The molecular weight excluding hydrogens is 341 g/mol. The van der Waals surface area contributed by atoms with Crippen LogP contribution in [0.1, 0.15) is 26.3 Å². The molecule has 9 heteroatoms. The number of carbonyl (C=O) groups excluding carboxylic acids is 1. The topological polar surface area (TPSA) is 68.8 Å². The lowest BCUT2D eigenvalue weighted by Crippen LogP contribution is -2.66. The fourth-order valence-electron chi connectivity index (χ4n) is 2.17. The molecule has 2 N–H and O–H groups in total. The Morgan fingerprint density at radius 3 is 2.40 bits per heavy atom. The molecule has 1 aromatic carbocycles. The monoisotopic (exact) mass is 362 g/mol. The van der Waals surface area contributed by atoms with E-state index in [-0.39, 0.29) is 30.1 Å². The molecule has 1 aliphatic heterocycles. The number of hydrogen-bond donors (Lipinski definition) is 2. The van der Waals surface area contributed by atoms with Crippen molar-refractivity contribution in [3.8, 4) is 11.5 Å². The van der Waals surface area contributed by atoms with Gasteiger partial charge in [0.2, 0.25) is 0 Å². The van der Waals surface area contributed by atoms with E-state index in [0.717, 1.165) is 5.56 Å². The van der Waals surface area contributed by atoms with E-state index in [1.165, 1.54) is 19.2 Å². The second-order valence-corrected chi connectivity index (χ2v) is 6.60. The number of hydrogen-bond acceptors (Lipinski definition) is 4. The fourth-order valence-corrected chi connectivity index (χ4v) is 2.17. The minimum Gasteiger partial charge on any atom is -0.424 e. The molecule has 0 aromatic heterocycles. The largest absolute Gasteiger partial charge is 0.492 e. The summed E-state index contributed by atoms with van der Waals surface area (Å²) < 4.78 is 55.3. The lowest BCUT2D eigenvalue weighted by molar-refractivity contribution is -0.317. The van der Waals surface area contributed by atoms with Gasteiger partial charge in [-0.1, -0.05) is 26.8 Å². The van der Waals surface area contributed by atoms with Crippen molar-refractivity contribution in [2.75, 3.05) is 20.3 Å². The van der Waals surface area contributed by atoms with Crippen molar-refractivity contribution in [2.45, 2.75) is 38.3 Å². The number of benzene rings is 1. The van der Waals surface area contributed by atoms with Crippen LogP contribution in [0.15, 0.2) is 18.2 Å². The van der Waals surface area contributed by atoms with Gasteiger partial charge in [-0.3, -0.25) is 5.32 Å². The zero-order valence-corrected chi connectivity index (χ0v) is 14.4. The van der Waals surface area contributed by atoms with Crippen LogP contribution in [-0.2, 0) is 10.2 Å². The summed E-state index contributed by atoms with van der Waals surface area (Å²) in [6, 6.07) is 3.45. The first kappa shape index (κ1) is 19.2. The van der Waals surface area contributed by atoms with Gasteiger partial charge in [0.05, 0.1) is 6.61 Å². The number of amides is 2. The maximum atomic E-state index is 13.5. The molecule has 0 fully saturated rings. The zero-order valence-electron chi connectivity index (χ0n) is 14.4. The van der Waals surface area contributed by atoms with Crippen LogP contribution in [0.2, 0.25) is 0 Å². The normalized spacial score (nSPS) is 19.6. The summed E-state index contributed by atoms with van der Waals surface area (Å²) in [5.74, 6) is -3.45. The number of urea groups is 1. The number of halogens is 3. The van der Waals surface area contributed by atoms with E-state index in [4.69, 9.17) is 14.2 Å². The van der Waals surface area contributed by atoms with Gasteiger partial charge < -0.3 is 19.5 Å². The molecule has 0 aliphatic carbocycles. The lowest BCUT2D eigenvalue weighted by atomic mass is 9.87. The molecule has 0 saturated carbocycles. The van der Waals surface area contributed by atoms with E-state index in [9.17, 15) is 18.0 Å². The highest BCUT2D eigenvalue weighted by molar-refractivity contribution is 5.74. The number of alkyl halides is 3. The Hall–Kier alpha value is -2.16. The van der Waals surface area contributed by atoms with Crippen molar-refractivity contribution in [3.05, 3.63) is 23.8 Å². The molecule has 0 bridgehead atoms. The van der Waals surface area contributed by atoms with E-state index in [1.807, 2.05) is 20.8 Å². The quantitative estimate of drug-likeness (QED) is 0.808. The molecule has 0 spiro atoms. The molecule has 2 rings (SSSR count). The molecule has 0 saturated heterocycles. The summed E-state index contributed by atoms with van der Waals surface area (Å²) in [7, 11) is 1.41. The second-order valence-electron chi connectivity index (χ2n) is 6.60. The minimum absolute atomic E-state index is 0.0391. The van der Waals surface area contributed by atoms with Crippen LogP contribution < -0.4 is 20.1 Å². The van der Waals surface area contributed by atoms with Crippen LogP contribution >= 0.6 is 0 Å². The van der Waals surface area contributed by atoms with Crippen molar-refractivity contribution in [3.63, 3.8) is 0 Å². The van der Waals surface area contributed by atoms with Gasteiger partial charge >= 0.3 is 18.1 Å². The van der Waals surface area contributed by atoms with E-state index >= 15 is 0 Å². The smallest absolute Gasteiger partial charge is 0.424 e. The molecule has 1 atom stereocenters. The molecule has 0 unspecified atom stereocenters. The van der Waals surface area contributed by atoms with Crippen molar-refractivity contribution in [1.29, 1.82) is 0 Å². The molecular formula is C16H21F3N2O4. The molecule has 25 heavy (non-hydrogen) atoms. The number of carbonyl (C=O) groups is 1. The molecule has 1 heterocycles. The van der Waals surface area contributed by atoms with Crippen LogP contribution in [0.4, 0.5) is 18.0 Å². The Balaban J connectivity index is 2.24. The Kier molecular flexibility index (Phi) is 5.08. The maximum absolute atomic E-state index is 13.5. The minimum atomic E-state index is -4.99. The standard InChI is InChI=1S/C16H21F3N2O4/c1-14(2,3)10-5-6-11-12(9-10)25-16(24-11,15(17,18)19)21-13(22)20-7-8-23-4/h5-6,9H,7-8H2,1-4H3,(H2,20,21,22)/t16-/m1/s1. The Morgan fingerprint density at radius 2 is 1.84 bits per heavy atom. The SMILES string of the molecule is COCCNC(=O)N[C@]1(C(F)(F)F)Oc2ccc(C(C)(C)C)cc2O1. The molecule has 0 radical (unpaired) electrons. The molecule has 1 aromatic rings. The average Bonchev–Trinajstić information content (AvgIpc) is 2.84. The highest BCUT2D eigenvalue weighted by atomic mass is 19.4. The number of rotatable bonds is 4. The number of fused-ring (bicyclic) bond motifs is 1. The maximum Gasteiger partial charge on any atom is 0.492 e. The molecule has 140 valence electrons. The van der Waals surface area contributed by atoms with Crippen LogP contribution in [0, 0.1) is 0 Å². The third-order valence-corrected chi connectivity index (χ3v) is 3.56. The van der Waals surface area contributed by atoms with Crippen LogP contribution in [0.25, 0.3) is 0 Å². The van der Waals surface area contributed by atoms with Gasteiger partial charge in [0.25, 0.3) is 0 Å². The summed E-state index contributed by atoms with van der Waals surface area (Å²) in [6.45, 7) is 5.95.